The molecule has 1 N–H and O–H groups in total. The molecule has 0 fully saturated rings. The number of aryl methyl sites for hydroxylation is 1. The van der Waals surface area contributed by atoms with Gasteiger partial charge in [0.2, 0.25) is 5.91 Å². The third kappa shape index (κ3) is 3.20. The van der Waals surface area contributed by atoms with Crippen LogP contribution in [0.15, 0.2) is 59.0 Å². The second-order valence-corrected chi connectivity index (χ2v) is 6.43. The van der Waals surface area contributed by atoms with Gasteiger partial charge in [0.25, 0.3) is 5.91 Å². The third-order valence-corrected chi connectivity index (χ3v) is 4.69. The summed E-state index contributed by atoms with van der Waals surface area (Å²) in [4.78, 5) is 26.6. The molecule has 0 atom stereocenters. The standard InChI is InChI=1S/C21H20N2O3/c24-20(23-13-5-8-15-6-1-3-9-17(15)23)11-12-22-21(25)19-14-16-7-2-4-10-18(16)26-19/h1-4,6-7,9-10,14H,5,8,11-13H2,(H,22,25). The highest BCUT2D eigenvalue weighted by molar-refractivity contribution is 5.97. The van der Waals surface area contributed by atoms with E-state index in [0.717, 1.165) is 30.5 Å². The Labute approximate surface area is 151 Å². The van der Waals surface area contributed by atoms with Crippen LogP contribution in [0.2, 0.25) is 0 Å². The maximum atomic E-state index is 12.6. The maximum Gasteiger partial charge on any atom is 0.287 e. The van der Waals surface area contributed by atoms with Gasteiger partial charge in [0, 0.05) is 30.6 Å². The van der Waals surface area contributed by atoms with Crippen LogP contribution < -0.4 is 10.2 Å². The van der Waals surface area contributed by atoms with Gasteiger partial charge in [0.1, 0.15) is 5.58 Å². The lowest BCUT2D eigenvalue weighted by atomic mass is 10.0. The van der Waals surface area contributed by atoms with Crippen LogP contribution in [0, 0.1) is 0 Å². The highest BCUT2D eigenvalue weighted by Crippen LogP contribution is 2.27. The summed E-state index contributed by atoms with van der Waals surface area (Å²) >= 11 is 0. The predicted octanol–water partition coefficient (Wildman–Crippen LogP) is 3.53. The Morgan fingerprint density at radius 2 is 1.88 bits per heavy atom. The first kappa shape index (κ1) is 16.4. The zero-order valence-corrected chi connectivity index (χ0v) is 14.4. The zero-order chi connectivity index (χ0) is 17.9. The van der Waals surface area contributed by atoms with E-state index >= 15 is 0 Å². The average Bonchev–Trinajstić information content (AvgIpc) is 3.11. The van der Waals surface area contributed by atoms with E-state index in [1.54, 1.807) is 6.07 Å². The number of benzene rings is 2. The van der Waals surface area contributed by atoms with Crippen molar-refractivity contribution >= 4 is 28.5 Å². The van der Waals surface area contributed by atoms with Gasteiger partial charge in [-0.15, -0.1) is 0 Å². The number of nitrogens with one attached hydrogen (secondary N) is 1. The Balaban J connectivity index is 1.36. The number of anilines is 1. The number of furan rings is 1. The summed E-state index contributed by atoms with van der Waals surface area (Å²) in [5.74, 6) is -0.00272. The smallest absolute Gasteiger partial charge is 0.287 e. The summed E-state index contributed by atoms with van der Waals surface area (Å²) in [5, 5.41) is 3.66. The normalized spacial score (nSPS) is 13.5. The predicted molar refractivity (Wildman–Crippen MR) is 100 cm³/mol. The number of para-hydroxylation sites is 2. The number of fused-ring (bicyclic) bond motifs is 2. The van der Waals surface area contributed by atoms with E-state index in [1.807, 2.05) is 47.4 Å². The largest absolute Gasteiger partial charge is 0.451 e. The van der Waals surface area contributed by atoms with Gasteiger partial charge < -0.3 is 14.6 Å². The fourth-order valence-corrected chi connectivity index (χ4v) is 3.39. The molecule has 0 saturated carbocycles. The SMILES string of the molecule is O=C(NCCC(=O)N1CCCc2ccccc21)c1cc2ccccc2o1. The quantitative estimate of drug-likeness (QED) is 0.784. The lowest BCUT2D eigenvalue weighted by Crippen LogP contribution is -2.37. The first-order valence-corrected chi connectivity index (χ1v) is 8.87. The minimum Gasteiger partial charge on any atom is -0.451 e. The molecule has 2 amide bonds. The van der Waals surface area contributed by atoms with Crippen molar-refractivity contribution in [2.24, 2.45) is 0 Å². The second kappa shape index (κ2) is 7.04. The van der Waals surface area contributed by atoms with Crippen molar-refractivity contribution in [3.8, 4) is 0 Å². The van der Waals surface area contributed by atoms with Crippen LogP contribution in [0.5, 0.6) is 0 Å². The van der Waals surface area contributed by atoms with Gasteiger partial charge in [-0.3, -0.25) is 9.59 Å². The lowest BCUT2D eigenvalue weighted by molar-refractivity contribution is -0.118. The van der Waals surface area contributed by atoms with Crippen LogP contribution in [0.25, 0.3) is 11.0 Å². The molecule has 132 valence electrons. The van der Waals surface area contributed by atoms with E-state index in [0.29, 0.717) is 5.58 Å². The van der Waals surface area contributed by atoms with E-state index in [2.05, 4.69) is 11.4 Å². The number of hydrogen-bond acceptors (Lipinski definition) is 3. The molecule has 3 aromatic rings. The molecule has 5 nitrogen and oxygen atoms in total. The molecule has 0 spiro atoms. The molecule has 5 heteroatoms. The van der Waals surface area contributed by atoms with E-state index in [4.69, 9.17) is 4.42 Å². The van der Waals surface area contributed by atoms with Gasteiger partial charge in [-0.25, -0.2) is 0 Å². The Morgan fingerprint density at radius 3 is 2.77 bits per heavy atom. The Hall–Kier alpha value is -3.08. The van der Waals surface area contributed by atoms with Crippen molar-refractivity contribution in [1.29, 1.82) is 0 Å². The Kier molecular flexibility index (Phi) is 4.44. The third-order valence-electron chi connectivity index (χ3n) is 4.69. The van der Waals surface area contributed by atoms with Gasteiger partial charge in [0.15, 0.2) is 5.76 Å². The van der Waals surface area contributed by atoms with Crippen molar-refractivity contribution in [2.45, 2.75) is 19.3 Å². The summed E-state index contributed by atoms with van der Waals surface area (Å²) < 4.78 is 5.54. The first-order valence-electron chi connectivity index (χ1n) is 8.87. The van der Waals surface area contributed by atoms with Gasteiger partial charge in [-0.05, 0) is 36.6 Å². The molecule has 0 radical (unpaired) electrons. The number of nitrogens with zero attached hydrogens (tertiary/aromatic N) is 1. The zero-order valence-electron chi connectivity index (χ0n) is 14.4. The highest BCUT2D eigenvalue weighted by atomic mass is 16.3. The summed E-state index contributed by atoms with van der Waals surface area (Å²) in [6.45, 7) is 1.01. The van der Waals surface area contributed by atoms with Crippen LogP contribution in [-0.4, -0.2) is 24.9 Å². The summed E-state index contributed by atoms with van der Waals surface area (Å²) in [5.41, 5.74) is 2.88. The molecule has 0 saturated heterocycles. The van der Waals surface area contributed by atoms with Crippen LogP contribution >= 0.6 is 0 Å². The van der Waals surface area contributed by atoms with Gasteiger partial charge in [-0.2, -0.15) is 0 Å². The van der Waals surface area contributed by atoms with E-state index in [9.17, 15) is 9.59 Å². The van der Waals surface area contributed by atoms with E-state index in [-0.39, 0.29) is 30.5 Å². The highest BCUT2D eigenvalue weighted by Gasteiger charge is 2.22. The van der Waals surface area contributed by atoms with Gasteiger partial charge >= 0.3 is 0 Å². The summed E-state index contributed by atoms with van der Waals surface area (Å²) in [7, 11) is 0. The first-order chi connectivity index (χ1) is 12.7. The maximum absolute atomic E-state index is 12.6. The van der Waals surface area contributed by atoms with Crippen molar-refractivity contribution < 1.29 is 14.0 Å². The molecule has 2 heterocycles. The lowest BCUT2D eigenvalue weighted by Gasteiger charge is -2.29. The number of rotatable bonds is 4. The molecule has 0 bridgehead atoms. The Bertz CT molecular complexity index is 928. The Morgan fingerprint density at radius 1 is 1.08 bits per heavy atom. The molecule has 0 aliphatic carbocycles. The topological polar surface area (TPSA) is 62.6 Å². The van der Waals surface area contributed by atoms with Crippen molar-refractivity contribution in [3.63, 3.8) is 0 Å². The number of carbonyl (C=O) groups is 2. The monoisotopic (exact) mass is 348 g/mol. The van der Waals surface area contributed by atoms with Gasteiger partial charge in [-0.1, -0.05) is 36.4 Å². The molecule has 1 aromatic heterocycles. The average molecular weight is 348 g/mol. The molecular weight excluding hydrogens is 328 g/mol. The van der Waals surface area contributed by atoms with Crippen molar-refractivity contribution in [2.75, 3.05) is 18.0 Å². The molecule has 4 rings (SSSR count). The minimum absolute atomic E-state index is 0.0297. The minimum atomic E-state index is -0.298. The summed E-state index contributed by atoms with van der Waals surface area (Å²) in [6, 6.07) is 17.2. The molecule has 26 heavy (non-hydrogen) atoms. The number of amides is 2. The molecule has 0 unspecified atom stereocenters. The molecular formula is C21H20N2O3. The van der Waals surface area contributed by atoms with Gasteiger partial charge in [0.05, 0.1) is 0 Å². The van der Waals surface area contributed by atoms with E-state index < -0.39 is 0 Å². The molecule has 1 aliphatic heterocycles. The number of carbonyl (C=O) groups excluding carboxylic acids is 2. The molecule has 1 aliphatic rings. The van der Waals surface area contributed by atoms with E-state index in [1.165, 1.54) is 5.56 Å². The second-order valence-electron chi connectivity index (χ2n) is 6.43. The van der Waals surface area contributed by atoms with Crippen LogP contribution in [0.1, 0.15) is 29.0 Å². The number of hydrogen-bond donors (Lipinski definition) is 1. The fraction of sp³-hybridized carbons (Fsp3) is 0.238. The fourth-order valence-electron chi connectivity index (χ4n) is 3.39. The van der Waals surface area contributed by atoms with Crippen LogP contribution in [0.3, 0.4) is 0 Å². The van der Waals surface area contributed by atoms with Crippen molar-refractivity contribution in [1.82, 2.24) is 5.32 Å². The molecule has 2 aromatic carbocycles. The van der Waals surface area contributed by atoms with Crippen LogP contribution in [-0.2, 0) is 11.2 Å². The summed E-state index contributed by atoms with van der Waals surface area (Å²) in [6.07, 6.45) is 2.23. The van der Waals surface area contributed by atoms with Crippen molar-refractivity contribution in [3.05, 3.63) is 65.9 Å². The van der Waals surface area contributed by atoms with Crippen LogP contribution in [0.4, 0.5) is 5.69 Å².